The highest BCUT2D eigenvalue weighted by atomic mass is 16.4. The number of hydrogen-bond acceptors (Lipinski definition) is 3. The fourth-order valence-corrected chi connectivity index (χ4v) is 2.51. The van der Waals surface area contributed by atoms with Crippen molar-refractivity contribution >= 4 is 5.97 Å². The summed E-state index contributed by atoms with van der Waals surface area (Å²) in [4.78, 5) is 15.1. The van der Waals surface area contributed by atoms with Gasteiger partial charge >= 0.3 is 5.97 Å². The third-order valence-corrected chi connectivity index (χ3v) is 2.87. The molecule has 1 aliphatic heterocycles. The number of carbonyl (C=O) groups is 1. The monoisotopic (exact) mass is 202 g/mol. The minimum Gasteiger partial charge on any atom is -0.477 e. The summed E-state index contributed by atoms with van der Waals surface area (Å²) in [5.74, 6) is -0.727. The van der Waals surface area contributed by atoms with Crippen molar-refractivity contribution in [1.29, 1.82) is 0 Å². The first kappa shape index (κ1) is 11.4. The van der Waals surface area contributed by atoms with E-state index in [2.05, 4.69) is 9.80 Å². The summed E-state index contributed by atoms with van der Waals surface area (Å²) in [6.07, 6.45) is 0.172. The zero-order chi connectivity index (χ0) is 10.9. The molecule has 0 radical (unpaired) electrons. The van der Waals surface area contributed by atoms with E-state index in [4.69, 9.17) is 5.11 Å². The highest BCUT2D eigenvalue weighted by Crippen LogP contribution is 2.21. The van der Waals surface area contributed by atoms with E-state index in [9.17, 15) is 4.79 Å². The van der Waals surface area contributed by atoms with Gasteiger partial charge in [0.25, 0.3) is 0 Å². The Labute approximate surface area is 85.1 Å². The standard InChI is InChI=1S/C9H19N3O2/c1-10(2)9-11(3)5-6-12(9,4)7-8(13)14/h9H,5-7H2,1-4H3/p+1. The van der Waals surface area contributed by atoms with Crippen molar-refractivity contribution in [1.82, 2.24) is 9.80 Å². The number of likely N-dealkylation sites (N-methyl/N-ethyl adjacent to an activating group) is 2. The van der Waals surface area contributed by atoms with Crippen LogP contribution in [0.5, 0.6) is 0 Å². The predicted octanol–water partition coefficient (Wildman–Crippen LogP) is -0.692. The quantitative estimate of drug-likeness (QED) is 0.615. The summed E-state index contributed by atoms with van der Waals surface area (Å²) in [6.45, 7) is 2.03. The summed E-state index contributed by atoms with van der Waals surface area (Å²) in [7, 11) is 8.02. The number of rotatable bonds is 3. The largest absolute Gasteiger partial charge is 0.477 e. The lowest BCUT2D eigenvalue weighted by Crippen LogP contribution is -2.59. The third-order valence-electron chi connectivity index (χ3n) is 2.87. The molecule has 2 unspecified atom stereocenters. The Morgan fingerprint density at radius 1 is 1.64 bits per heavy atom. The summed E-state index contributed by atoms with van der Waals surface area (Å²) in [6, 6.07) is 0. The van der Waals surface area contributed by atoms with E-state index in [1.54, 1.807) is 0 Å². The molecule has 5 heteroatoms. The molecule has 0 spiro atoms. The molecular weight excluding hydrogens is 182 g/mol. The van der Waals surface area contributed by atoms with E-state index in [1.165, 1.54) is 0 Å². The first-order chi connectivity index (χ1) is 6.37. The molecule has 14 heavy (non-hydrogen) atoms. The third kappa shape index (κ3) is 2.05. The molecule has 2 atom stereocenters. The molecule has 0 saturated carbocycles. The highest BCUT2D eigenvalue weighted by Gasteiger charge is 2.44. The molecule has 0 aromatic carbocycles. The Hall–Kier alpha value is -0.650. The lowest BCUT2D eigenvalue weighted by molar-refractivity contribution is -0.930. The Morgan fingerprint density at radius 3 is 2.64 bits per heavy atom. The van der Waals surface area contributed by atoms with Crippen LogP contribution in [0.15, 0.2) is 0 Å². The van der Waals surface area contributed by atoms with E-state index >= 15 is 0 Å². The highest BCUT2D eigenvalue weighted by molar-refractivity contribution is 5.67. The second-order valence-electron chi connectivity index (χ2n) is 4.55. The number of hydrogen-bond donors (Lipinski definition) is 1. The van der Waals surface area contributed by atoms with Gasteiger partial charge in [0.15, 0.2) is 6.54 Å². The zero-order valence-corrected chi connectivity index (χ0v) is 9.40. The fraction of sp³-hybridized carbons (Fsp3) is 0.889. The molecule has 0 aromatic heterocycles. The van der Waals surface area contributed by atoms with Gasteiger partial charge in [-0.2, -0.15) is 0 Å². The van der Waals surface area contributed by atoms with Crippen LogP contribution in [0.1, 0.15) is 0 Å². The molecule has 1 saturated heterocycles. The number of nitrogens with zero attached hydrogens (tertiary/aromatic N) is 3. The van der Waals surface area contributed by atoms with Crippen LogP contribution in [0.25, 0.3) is 0 Å². The van der Waals surface area contributed by atoms with Crippen molar-refractivity contribution in [3.8, 4) is 0 Å². The summed E-state index contributed by atoms with van der Waals surface area (Å²) < 4.78 is 0.568. The van der Waals surface area contributed by atoms with Crippen LogP contribution >= 0.6 is 0 Å². The minimum absolute atomic E-state index is 0.172. The van der Waals surface area contributed by atoms with E-state index < -0.39 is 5.97 Å². The maximum Gasteiger partial charge on any atom is 0.359 e. The van der Waals surface area contributed by atoms with Crippen LogP contribution in [0.2, 0.25) is 0 Å². The SMILES string of the molecule is CN(C)C1N(C)CC[N+]1(C)CC(=O)O. The topological polar surface area (TPSA) is 43.8 Å². The lowest BCUT2D eigenvalue weighted by Gasteiger charge is -2.39. The van der Waals surface area contributed by atoms with Crippen molar-refractivity contribution in [2.45, 2.75) is 6.29 Å². The number of carboxylic acids is 1. The average molecular weight is 202 g/mol. The molecule has 1 aliphatic rings. The van der Waals surface area contributed by atoms with Gasteiger partial charge in [-0.15, -0.1) is 0 Å². The van der Waals surface area contributed by atoms with Crippen molar-refractivity contribution < 1.29 is 14.4 Å². The van der Waals surface area contributed by atoms with Crippen molar-refractivity contribution in [3.63, 3.8) is 0 Å². The van der Waals surface area contributed by atoms with E-state index in [-0.39, 0.29) is 12.8 Å². The van der Waals surface area contributed by atoms with E-state index in [0.717, 1.165) is 13.1 Å². The smallest absolute Gasteiger partial charge is 0.359 e. The molecule has 0 aliphatic carbocycles. The second-order valence-corrected chi connectivity index (χ2v) is 4.55. The average Bonchev–Trinajstić information content (AvgIpc) is 2.24. The second kappa shape index (κ2) is 3.84. The van der Waals surface area contributed by atoms with Gasteiger partial charge in [-0.3, -0.25) is 4.48 Å². The first-order valence-electron chi connectivity index (χ1n) is 4.79. The van der Waals surface area contributed by atoms with Gasteiger partial charge in [0.05, 0.1) is 20.1 Å². The Morgan fingerprint density at radius 2 is 2.21 bits per heavy atom. The number of carboxylic acid groups (broad SMARTS) is 1. The normalized spacial score (nSPS) is 33.9. The molecule has 1 fully saturated rings. The van der Waals surface area contributed by atoms with Gasteiger partial charge in [0.1, 0.15) is 0 Å². The molecule has 0 amide bonds. The van der Waals surface area contributed by atoms with Crippen LogP contribution in [0, 0.1) is 0 Å². The van der Waals surface area contributed by atoms with Crippen molar-refractivity contribution in [3.05, 3.63) is 0 Å². The Balaban J connectivity index is 2.81. The van der Waals surface area contributed by atoms with Crippen LogP contribution in [-0.4, -0.2) is 79.5 Å². The number of quaternary nitrogens is 1. The van der Waals surface area contributed by atoms with Gasteiger partial charge in [-0.25, -0.2) is 14.6 Å². The molecule has 0 bridgehead atoms. The molecule has 82 valence electrons. The molecule has 1 N–H and O–H groups in total. The van der Waals surface area contributed by atoms with Gasteiger partial charge in [-0.05, 0) is 21.1 Å². The predicted molar refractivity (Wildman–Crippen MR) is 53.7 cm³/mol. The lowest BCUT2D eigenvalue weighted by atomic mass is 10.4. The van der Waals surface area contributed by atoms with E-state index in [1.807, 2.05) is 28.2 Å². The minimum atomic E-state index is -0.727. The fourth-order valence-electron chi connectivity index (χ4n) is 2.51. The molecular formula is C9H20N3O2+. The van der Waals surface area contributed by atoms with Gasteiger partial charge in [0, 0.05) is 0 Å². The Bertz CT molecular complexity index is 232. The molecule has 1 heterocycles. The summed E-state index contributed by atoms with van der Waals surface area (Å²) >= 11 is 0. The van der Waals surface area contributed by atoms with Crippen LogP contribution in [0.3, 0.4) is 0 Å². The molecule has 1 rings (SSSR count). The maximum atomic E-state index is 10.8. The first-order valence-corrected chi connectivity index (χ1v) is 4.79. The summed E-state index contributed by atoms with van der Waals surface area (Å²) in [5, 5.41) is 8.87. The van der Waals surface area contributed by atoms with Crippen LogP contribution < -0.4 is 0 Å². The maximum absolute atomic E-state index is 10.8. The van der Waals surface area contributed by atoms with E-state index in [0.29, 0.717) is 4.48 Å². The van der Waals surface area contributed by atoms with Crippen LogP contribution in [-0.2, 0) is 4.79 Å². The van der Waals surface area contributed by atoms with Gasteiger partial charge in [0.2, 0.25) is 6.29 Å². The van der Waals surface area contributed by atoms with Crippen molar-refractivity contribution in [2.24, 2.45) is 0 Å². The molecule has 5 nitrogen and oxygen atoms in total. The zero-order valence-electron chi connectivity index (χ0n) is 9.40. The number of aliphatic carboxylic acids is 1. The summed E-state index contributed by atoms with van der Waals surface area (Å²) in [5.41, 5.74) is 0. The Kier molecular flexibility index (Phi) is 3.14. The molecule has 0 aromatic rings. The van der Waals surface area contributed by atoms with Gasteiger partial charge < -0.3 is 5.11 Å². The van der Waals surface area contributed by atoms with Gasteiger partial charge in [-0.1, -0.05) is 0 Å². The van der Waals surface area contributed by atoms with Crippen molar-refractivity contribution in [2.75, 3.05) is 47.8 Å². The van der Waals surface area contributed by atoms with Crippen LogP contribution in [0.4, 0.5) is 0 Å².